The van der Waals surface area contributed by atoms with Gasteiger partial charge in [-0.3, -0.25) is 9.69 Å². The second-order valence-electron chi connectivity index (χ2n) is 6.55. The summed E-state index contributed by atoms with van der Waals surface area (Å²) >= 11 is 13.0. The highest BCUT2D eigenvalue weighted by atomic mass is 35.5. The van der Waals surface area contributed by atoms with E-state index in [-0.39, 0.29) is 16.5 Å². The molecule has 3 aromatic rings. The number of carboxylic acid groups (broad SMARTS) is 1. The fourth-order valence-corrected chi connectivity index (χ4v) is 4.13. The minimum Gasteiger partial charge on any atom is -0.478 e. The van der Waals surface area contributed by atoms with Crippen molar-refractivity contribution in [2.24, 2.45) is 4.99 Å². The molecule has 0 unspecified atom stereocenters. The number of halogens is 2. The number of thioether (sulfide) groups is 1. The maximum Gasteiger partial charge on any atom is 0.337 e. The zero-order valence-corrected chi connectivity index (χ0v) is 18.3. The summed E-state index contributed by atoms with van der Waals surface area (Å²) < 4.78 is 5.84. The van der Waals surface area contributed by atoms with Crippen LogP contribution in [0.15, 0.2) is 68.9 Å². The molecule has 1 aliphatic heterocycles. The molecule has 0 bridgehead atoms. The van der Waals surface area contributed by atoms with E-state index in [0.717, 1.165) is 5.56 Å². The number of nitrogens with zero attached hydrogens (tertiary/aromatic N) is 2. The molecule has 31 heavy (non-hydrogen) atoms. The largest absolute Gasteiger partial charge is 0.478 e. The number of aromatic carboxylic acids is 1. The van der Waals surface area contributed by atoms with Crippen LogP contribution >= 0.6 is 35.0 Å². The van der Waals surface area contributed by atoms with E-state index in [1.165, 1.54) is 28.8 Å². The maximum absolute atomic E-state index is 12.6. The van der Waals surface area contributed by atoms with Crippen LogP contribution in [0.5, 0.6) is 0 Å². The first kappa shape index (κ1) is 21.2. The van der Waals surface area contributed by atoms with E-state index in [9.17, 15) is 14.7 Å². The van der Waals surface area contributed by atoms with E-state index in [0.29, 0.717) is 32.3 Å². The standard InChI is InChI=1S/C22H14Cl2N2O4S/c1-26-20(27)19(11-15-7-9-18(30-15)12-2-4-13(23)5-3-12)31-22(26)25-14-6-8-17(24)16(10-14)21(28)29/h2-11H,1H3,(H,28,29)/b19-11-,25-22?. The minimum atomic E-state index is -1.15. The van der Waals surface area contributed by atoms with Gasteiger partial charge in [-0.05, 0) is 66.4 Å². The quantitative estimate of drug-likeness (QED) is 0.457. The summed E-state index contributed by atoms with van der Waals surface area (Å²) in [7, 11) is 1.60. The van der Waals surface area contributed by atoms with E-state index in [1.54, 1.807) is 37.4 Å². The van der Waals surface area contributed by atoms with Crippen molar-refractivity contribution in [2.45, 2.75) is 0 Å². The Bertz CT molecular complexity index is 1250. The Hall–Kier alpha value is -3.00. The van der Waals surface area contributed by atoms with Crippen LogP contribution in [0.4, 0.5) is 5.69 Å². The Kier molecular flexibility index (Phi) is 5.91. The summed E-state index contributed by atoms with van der Waals surface area (Å²) in [6.07, 6.45) is 1.65. The number of hydrogen-bond donors (Lipinski definition) is 1. The lowest BCUT2D eigenvalue weighted by molar-refractivity contribution is -0.121. The molecule has 2 heterocycles. The number of carboxylic acids is 1. The number of hydrogen-bond acceptors (Lipinski definition) is 5. The summed E-state index contributed by atoms with van der Waals surface area (Å²) in [6, 6.07) is 15.3. The molecular weight excluding hydrogens is 459 g/mol. The van der Waals surface area contributed by atoms with Crippen molar-refractivity contribution in [3.05, 3.63) is 80.9 Å². The third kappa shape index (κ3) is 4.54. The van der Waals surface area contributed by atoms with E-state index >= 15 is 0 Å². The van der Waals surface area contributed by atoms with E-state index in [1.807, 2.05) is 18.2 Å². The first-order valence-electron chi connectivity index (χ1n) is 8.97. The van der Waals surface area contributed by atoms with Gasteiger partial charge in [0.05, 0.1) is 21.2 Å². The lowest BCUT2D eigenvalue weighted by Crippen LogP contribution is -2.23. The van der Waals surface area contributed by atoms with Crippen LogP contribution in [0.25, 0.3) is 17.4 Å². The van der Waals surface area contributed by atoms with Crippen LogP contribution in [0.2, 0.25) is 10.0 Å². The Morgan fingerprint density at radius 2 is 1.87 bits per heavy atom. The van der Waals surface area contributed by atoms with Gasteiger partial charge < -0.3 is 9.52 Å². The lowest BCUT2D eigenvalue weighted by Gasteiger charge is -2.07. The van der Waals surface area contributed by atoms with Crippen molar-refractivity contribution < 1.29 is 19.1 Å². The van der Waals surface area contributed by atoms with Crippen LogP contribution in [-0.4, -0.2) is 34.1 Å². The summed E-state index contributed by atoms with van der Waals surface area (Å²) in [4.78, 5) is 30.2. The highest BCUT2D eigenvalue weighted by molar-refractivity contribution is 8.18. The number of carbonyl (C=O) groups excluding carboxylic acids is 1. The highest BCUT2D eigenvalue weighted by Crippen LogP contribution is 2.35. The third-order valence-electron chi connectivity index (χ3n) is 4.44. The predicted molar refractivity (Wildman–Crippen MR) is 123 cm³/mol. The number of likely N-dealkylation sites (N-methyl/N-ethyl adjacent to an activating group) is 1. The summed E-state index contributed by atoms with van der Waals surface area (Å²) in [6.45, 7) is 0. The molecule has 1 N–H and O–H groups in total. The fraction of sp³-hybridized carbons (Fsp3) is 0.0455. The van der Waals surface area contributed by atoms with Gasteiger partial charge in [-0.25, -0.2) is 9.79 Å². The second kappa shape index (κ2) is 8.63. The molecule has 1 saturated heterocycles. The Labute approximate surface area is 191 Å². The van der Waals surface area contributed by atoms with Crippen molar-refractivity contribution in [3.63, 3.8) is 0 Å². The second-order valence-corrected chi connectivity index (χ2v) is 8.40. The number of amides is 1. The SMILES string of the molecule is CN1C(=O)/C(=C/c2ccc(-c3ccc(Cl)cc3)o2)SC1=Nc1ccc(Cl)c(C(=O)O)c1. The summed E-state index contributed by atoms with van der Waals surface area (Å²) in [5.74, 6) is -0.204. The van der Waals surface area contributed by atoms with Gasteiger partial charge in [0.25, 0.3) is 5.91 Å². The number of benzene rings is 2. The van der Waals surface area contributed by atoms with Crippen LogP contribution in [0, 0.1) is 0 Å². The molecule has 0 saturated carbocycles. The third-order valence-corrected chi connectivity index (χ3v) is 6.08. The number of furan rings is 1. The average Bonchev–Trinajstić information content (AvgIpc) is 3.31. The van der Waals surface area contributed by atoms with Gasteiger partial charge in [-0.1, -0.05) is 23.2 Å². The molecule has 1 amide bonds. The molecule has 1 aromatic heterocycles. The fourth-order valence-electron chi connectivity index (χ4n) is 2.84. The van der Waals surface area contributed by atoms with Crippen molar-refractivity contribution in [3.8, 4) is 11.3 Å². The summed E-state index contributed by atoms with van der Waals surface area (Å²) in [5, 5.41) is 10.4. The molecule has 4 rings (SSSR count). The monoisotopic (exact) mass is 472 g/mol. The molecule has 0 atom stereocenters. The van der Waals surface area contributed by atoms with Crippen LogP contribution < -0.4 is 0 Å². The van der Waals surface area contributed by atoms with Gasteiger partial charge >= 0.3 is 5.97 Å². The molecule has 0 spiro atoms. The van der Waals surface area contributed by atoms with Crippen LogP contribution in [0.3, 0.4) is 0 Å². The Morgan fingerprint density at radius 1 is 1.13 bits per heavy atom. The molecule has 0 radical (unpaired) electrons. The molecular formula is C22H14Cl2N2O4S. The van der Waals surface area contributed by atoms with E-state index < -0.39 is 5.97 Å². The molecule has 156 valence electrons. The molecule has 6 nitrogen and oxygen atoms in total. The van der Waals surface area contributed by atoms with E-state index in [4.69, 9.17) is 27.6 Å². The van der Waals surface area contributed by atoms with Gasteiger partial charge in [0.1, 0.15) is 11.5 Å². The van der Waals surface area contributed by atoms with Crippen molar-refractivity contribution >= 4 is 63.8 Å². The number of carbonyl (C=O) groups is 2. The first-order valence-corrected chi connectivity index (χ1v) is 10.5. The Balaban J connectivity index is 1.59. The van der Waals surface area contributed by atoms with Gasteiger partial charge in [0, 0.05) is 23.7 Å². The van der Waals surface area contributed by atoms with Gasteiger partial charge in [0.2, 0.25) is 0 Å². The van der Waals surface area contributed by atoms with Crippen molar-refractivity contribution in [1.29, 1.82) is 0 Å². The Morgan fingerprint density at radius 3 is 2.58 bits per heavy atom. The average molecular weight is 473 g/mol. The highest BCUT2D eigenvalue weighted by Gasteiger charge is 2.30. The topological polar surface area (TPSA) is 83.1 Å². The molecule has 9 heteroatoms. The number of rotatable bonds is 4. The summed E-state index contributed by atoms with van der Waals surface area (Å²) in [5.41, 5.74) is 1.20. The smallest absolute Gasteiger partial charge is 0.337 e. The zero-order chi connectivity index (χ0) is 22.1. The molecule has 1 fully saturated rings. The first-order chi connectivity index (χ1) is 14.8. The normalized spacial score (nSPS) is 16.5. The molecule has 2 aromatic carbocycles. The van der Waals surface area contributed by atoms with Gasteiger partial charge in [-0.15, -0.1) is 0 Å². The van der Waals surface area contributed by atoms with Crippen LogP contribution in [0.1, 0.15) is 16.1 Å². The number of aliphatic imine (C=N–C) groups is 1. The molecule has 0 aliphatic carbocycles. The van der Waals surface area contributed by atoms with Crippen LogP contribution in [-0.2, 0) is 4.79 Å². The van der Waals surface area contributed by atoms with Gasteiger partial charge in [0.15, 0.2) is 5.17 Å². The van der Waals surface area contributed by atoms with E-state index in [2.05, 4.69) is 4.99 Å². The van der Waals surface area contributed by atoms with Crippen molar-refractivity contribution in [2.75, 3.05) is 7.05 Å². The zero-order valence-electron chi connectivity index (χ0n) is 16.0. The van der Waals surface area contributed by atoms with Gasteiger partial charge in [-0.2, -0.15) is 0 Å². The minimum absolute atomic E-state index is 0.0541. The lowest BCUT2D eigenvalue weighted by atomic mass is 10.2. The number of amidine groups is 1. The van der Waals surface area contributed by atoms with Crippen molar-refractivity contribution in [1.82, 2.24) is 4.90 Å². The maximum atomic E-state index is 12.6. The predicted octanol–water partition coefficient (Wildman–Crippen LogP) is 6.19. The molecule has 1 aliphatic rings.